The van der Waals surface area contributed by atoms with Gasteiger partial charge in [-0.25, -0.2) is 4.98 Å². The van der Waals surface area contributed by atoms with Gasteiger partial charge in [0, 0.05) is 31.9 Å². The lowest BCUT2D eigenvalue weighted by Gasteiger charge is -2.11. The molecule has 0 fully saturated rings. The Morgan fingerprint density at radius 1 is 1.07 bits per heavy atom. The van der Waals surface area contributed by atoms with Crippen LogP contribution in [0.5, 0.6) is 11.5 Å². The van der Waals surface area contributed by atoms with Crippen molar-refractivity contribution in [1.82, 2.24) is 14.9 Å². The highest BCUT2D eigenvalue weighted by molar-refractivity contribution is 5.75. The number of nitrogens with zero attached hydrogens (tertiary/aromatic N) is 2. The van der Waals surface area contributed by atoms with Gasteiger partial charge in [-0.1, -0.05) is 42.5 Å². The molecule has 1 heterocycles. The molecule has 146 valence electrons. The number of rotatable bonds is 10. The second-order valence-electron chi connectivity index (χ2n) is 6.31. The number of methoxy groups -OCH3 is 1. The zero-order chi connectivity index (χ0) is 19.6. The van der Waals surface area contributed by atoms with Crippen LogP contribution < -0.4 is 14.8 Å². The minimum Gasteiger partial charge on any atom is -0.493 e. The lowest BCUT2D eigenvalue weighted by molar-refractivity contribution is -0.121. The molecular formula is C22H25N3O3. The van der Waals surface area contributed by atoms with Crippen LogP contribution in [0, 0.1) is 0 Å². The van der Waals surface area contributed by atoms with Gasteiger partial charge in [-0.2, -0.15) is 0 Å². The Balaban J connectivity index is 1.39. The zero-order valence-corrected chi connectivity index (χ0v) is 16.0. The molecule has 0 aliphatic rings. The van der Waals surface area contributed by atoms with Gasteiger partial charge >= 0.3 is 0 Å². The summed E-state index contributed by atoms with van der Waals surface area (Å²) in [5.74, 6) is 2.21. The van der Waals surface area contributed by atoms with E-state index in [1.807, 2.05) is 48.7 Å². The molecule has 0 saturated carbocycles. The number of carbonyl (C=O) groups is 1. The number of benzene rings is 2. The fourth-order valence-electron chi connectivity index (χ4n) is 2.89. The van der Waals surface area contributed by atoms with E-state index in [1.54, 1.807) is 13.3 Å². The number of hydrogen-bond acceptors (Lipinski definition) is 4. The summed E-state index contributed by atoms with van der Waals surface area (Å²) >= 11 is 0. The third kappa shape index (κ3) is 5.61. The Morgan fingerprint density at radius 3 is 2.61 bits per heavy atom. The lowest BCUT2D eigenvalue weighted by atomic mass is 10.2. The molecule has 0 aliphatic carbocycles. The van der Waals surface area contributed by atoms with E-state index in [0.29, 0.717) is 31.1 Å². The molecule has 6 nitrogen and oxygen atoms in total. The molecule has 3 rings (SSSR count). The molecular weight excluding hydrogens is 354 g/mol. The standard InChI is InChI=1S/C22H25N3O3/c1-27-19-9-5-6-10-20(19)28-16-12-22(26)24-13-11-21-23-14-15-25(21)17-18-7-3-2-4-8-18/h2-10,14-15H,11-13,16-17H2,1H3,(H,24,26). The Labute approximate surface area is 165 Å². The fraction of sp³-hybridized carbons (Fsp3) is 0.273. The molecule has 1 N–H and O–H groups in total. The Bertz CT molecular complexity index is 877. The maximum absolute atomic E-state index is 12.0. The van der Waals surface area contributed by atoms with E-state index in [2.05, 4.69) is 27.0 Å². The number of nitrogens with one attached hydrogen (secondary N) is 1. The van der Waals surface area contributed by atoms with Crippen LogP contribution in [0.1, 0.15) is 17.8 Å². The van der Waals surface area contributed by atoms with Crippen molar-refractivity contribution in [3.8, 4) is 11.5 Å². The van der Waals surface area contributed by atoms with E-state index in [0.717, 1.165) is 12.4 Å². The van der Waals surface area contributed by atoms with Crippen molar-refractivity contribution in [2.75, 3.05) is 20.3 Å². The van der Waals surface area contributed by atoms with Crippen molar-refractivity contribution in [3.05, 3.63) is 78.4 Å². The van der Waals surface area contributed by atoms with Crippen molar-refractivity contribution >= 4 is 5.91 Å². The number of hydrogen-bond donors (Lipinski definition) is 1. The van der Waals surface area contributed by atoms with E-state index < -0.39 is 0 Å². The smallest absolute Gasteiger partial charge is 0.223 e. The molecule has 1 aromatic heterocycles. The molecule has 3 aromatic rings. The molecule has 2 aromatic carbocycles. The predicted octanol–water partition coefficient (Wildman–Crippen LogP) is 3.07. The van der Waals surface area contributed by atoms with Crippen molar-refractivity contribution in [3.63, 3.8) is 0 Å². The number of carbonyl (C=O) groups excluding carboxylic acids is 1. The molecule has 1 amide bonds. The topological polar surface area (TPSA) is 65.4 Å². The van der Waals surface area contributed by atoms with E-state index in [4.69, 9.17) is 9.47 Å². The van der Waals surface area contributed by atoms with Gasteiger partial charge in [-0.15, -0.1) is 0 Å². The fourth-order valence-corrected chi connectivity index (χ4v) is 2.89. The first-order valence-corrected chi connectivity index (χ1v) is 9.32. The van der Waals surface area contributed by atoms with Gasteiger partial charge in [-0.05, 0) is 17.7 Å². The molecule has 0 unspecified atom stereocenters. The van der Waals surface area contributed by atoms with E-state index in [-0.39, 0.29) is 12.3 Å². The Kier molecular flexibility index (Phi) is 7.07. The minimum absolute atomic E-state index is 0.0453. The molecule has 0 bridgehead atoms. The van der Waals surface area contributed by atoms with E-state index >= 15 is 0 Å². The number of para-hydroxylation sites is 2. The van der Waals surface area contributed by atoms with Crippen LogP contribution in [0.3, 0.4) is 0 Å². The summed E-state index contributed by atoms with van der Waals surface area (Å²) in [4.78, 5) is 16.4. The van der Waals surface area contributed by atoms with E-state index in [1.165, 1.54) is 5.56 Å². The normalized spacial score (nSPS) is 10.5. The number of ether oxygens (including phenoxy) is 2. The Hall–Kier alpha value is -3.28. The molecule has 6 heteroatoms. The number of aromatic nitrogens is 2. The van der Waals surface area contributed by atoms with Crippen LogP contribution >= 0.6 is 0 Å². The molecule has 0 saturated heterocycles. The summed E-state index contributed by atoms with van der Waals surface area (Å²) in [7, 11) is 1.59. The highest BCUT2D eigenvalue weighted by Crippen LogP contribution is 2.25. The van der Waals surface area contributed by atoms with Crippen molar-refractivity contribution in [2.24, 2.45) is 0 Å². The van der Waals surface area contributed by atoms with Gasteiger partial charge in [0.15, 0.2) is 11.5 Å². The van der Waals surface area contributed by atoms with Gasteiger partial charge in [-0.3, -0.25) is 4.79 Å². The second-order valence-corrected chi connectivity index (χ2v) is 6.31. The van der Waals surface area contributed by atoms with Gasteiger partial charge in [0.2, 0.25) is 5.91 Å². The minimum atomic E-state index is -0.0453. The first kappa shape index (κ1) is 19.5. The summed E-state index contributed by atoms with van der Waals surface area (Å²) in [5, 5.41) is 2.92. The largest absolute Gasteiger partial charge is 0.493 e. The highest BCUT2D eigenvalue weighted by atomic mass is 16.5. The van der Waals surface area contributed by atoms with Crippen molar-refractivity contribution in [1.29, 1.82) is 0 Å². The van der Waals surface area contributed by atoms with Crippen LogP contribution in [-0.4, -0.2) is 35.7 Å². The maximum Gasteiger partial charge on any atom is 0.223 e. The van der Waals surface area contributed by atoms with Crippen molar-refractivity contribution < 1.29 is 14.3 Å². The molecule has 0 atom stereocenters. The lowest BCUT2D eigenvalue weighted by Crippen LogP contribution is -2.27. The summed E-state index contributed by atoms with van der Waals surface area (Å²) in [6, 6.07) is 17.6. The van der Waals surface area contributed by atoms with Gasteiger partial charge < -0.3 is 19.4 Å². The highest BCUT2D eigenvalue weighted by Gasteiger charge is 2.07. The quantitative estimate of drug-likeness (QED) is 0.588. The summed E-state index contributed by atoms with van der Waals surface area (Å²) < 4.78 is 13.0. The third-order valence-corrected chi connectivity index (χ3v) is 4.32. The monoisotopic (exact) mass is 379 g/mol. The first-order valence-electron chi connectivity index (χ1n) is 9.32. The van der Waals surface area contributed by atoms with Gasteiger partial charge in [0.25, 0.3) is 0 Å². The Morgan fingerprint density at radius 2 is 1.82 bits per heavy atom. The number of amides is 1. The molecule has 0 radical (unpaired) electrons. The third-order valence-electron chi connectivity index (χ3n) is 4.32. The average Bonchev–Trinajstić information content (AvgIpc) is 3.16. The molecule has 0 spiro atoms. The van der Waals surface area contributed by atoms with Crippen LogP contribution in [0.25, 0.3) is 0 Å². The zero-order valence-electron chi connectivity index (χ0n) is 16.0. The molecule has 28 heavy (non-hydrogen) atoms. The van der Waals surface area contributed by atoms with Crippen LogP contribution in [-0.2, 0) is 17.8 Å². The summed E-state index contributed by atoms with van der Waals surface area (Å²) in [6.45, 7) is 1.62. The number of imidazole rings is 1. The van der Waals surface area contributed by atoms with E-state index in [9.17, 15) is 4.79 Å². The van der Waals surface area contributed by atoms with Crippen molar-refractivity contribution in [2.45, 2.75) is 19.4 Å². The SMILES string of the molecule is COc1ccccc1OCCC(=O)NCCc1nccn1Cc1ccccc1. The average molecular weight is 379 g/mol. The maximum atomic E-state index is 12.0. The summed E-state index contributed by atoms with van der Waals surface area (Å²) in [6.07, 6.45) is 4.72. The van der Waals surface area contributed by atoms with Gasteiger partial charge in [0.05, 0.1) is 20.1 Å². The predicted molar refractivity (Wildman–Crippen MR) is 108 cm³/mol. The van der Waals surface area contributed by atoms with Crippen LogP contribution in [0.15, 0.2) is 67.0 Å². The molecule has 0 aliphatic heterocycles. The van der Waals surface area contributed by atoms with Gasteiger partial charge in [0.1, 0.15) is 5.82 Å². The van der Waals surface area contributed by atoms with Crippen LogP contribution in [0.2, 0.25) is 0 Å². The first-order chi connectivity index (χ1) is 13.8. The second kappa shape index (κ2) is 10.2. The van der Waals surface area contributed by atoms with Crippen LogP contribution in [0.4, 0.5) is 0 Å². The summed E-state index contributed by atoms with van der Waals surface area (Å²) in [5.41, 5.74) is 1.22.